The largest absolute Gasteiger partial charge is 0.472 e. The fourth-order valence-electron chi connectivity index (χ4n) is 1.32. The lowest BCUT2D eigenvalue weighted by molar-refractivity contribution is -0.153. The lowest BCUT2D eigenvalue weighted by Crippen LogP contribution is -2.27. The smallest absolute Gasteiger partial charge is 0.457 e. The predicted molar refractivity (Wildman–Crippen MR) is 82.2 cm³/mol. The van der Waals surface area contributed by atoms with Gasteiger partial charge in [0.15, 0.2) is 0 Å². The van der Waals surface area contributed by atoms with E-state index >= 15 is 0 Å². The molecule has 0 saturated heterocycles. The molecule has 0 amide bonds. The SMILES string of the molecule is CCCCC(=O)O[C@H](CO)COP(=O)(O)OC[C@@H](O)COP(=O)(O)O. The standard InChI is InChI=1S/C11H24O12P2/c1-2-3-4-11(14)23-10(5-12)8-22-25(18,19)21-7-9(13)6-20-24(15,16)17/h9-10,12-13H,2-8H2,1H3,(H,18,19)(H2,15,16,17)/t9-,10+/m0/s1. The Kier molecular flexibility index (Phi) is 11.9. The summed E-state index contributed by atoms with van der Waals surface area (Å²) in [6.45, 7) is -1.04. The summed E-state index contributed by atoms with van der Waals surface area (Å²) in [6, 6.07) is 0. The first-order valence-corrected chi connectivity index (χ1v) is 10.3. The van der Waals surface area contributed by atoms with Crippen LogP contribution in [-0.2, 0) is 32.2 Å². The van der Waals surface area contributed by atoms with Crippen LogP contribution in [0, 0.1) is 0 Å². The summed E-state index contributed by atoms with van der Waals surface area (Å²) in [6.07, 6.45) is -1.28. The molecule has 1 unspecified atom stereocenters. The number of hydrogen-bond donors (Lipinski definition) is 5. The Labute approximate surface area is 144 Å². The number of aliphatic hydroxyl groups is 2. The number of carbonyl (C=O) groups excluding carboxylic acids is 1. The lowest BCUT2D eigenvalue weighted by atomic mass is 10.2. The first-order chi connectivity index (χ1) is 11.5. The maximum atomic E-state index is 11.6. The van der Waals surface area contributed by atoms with Crippen molar-refractivity contribution in [2.24, 2.45) is 0 Å². The summed E-state index contributed by atoms with van der Waals surface area (Å²) in [5.41, 5.74) is 0. The van der Waals surface area contributed by atoms with E-state index in [0.29, 0.717) is 6.42 Å². The topological polar surface area (TPSA) is 189 Å². The van der Waals surface area contributed by atoms with Gasteiger partial charge < -0.3 is 29.6 Å². The molecule has 25 heavy (non-hydrogen) atoms. The molecule has 0 aromatic carbocycles. The van der Waals surface area contributed by atoms with Crippen molar-refractivity contribution in [3.05, 3.63) is 0 Å². The van der Waals surface area contributed by atoms with E-state index in [2.05, 4.69) is 13.6 Å². The summed E-state index contributed by atoms with van der Waals surface area (Å²) in [5, 5.41) is 18.4. The maximum absolute atomic E-state index is 11.6. The highest BCUT2D eigenvalue weighted by atomic mass is 31.2. The van der Waals surface area contributed by atoms with E-state index < -0.39 is 60.3 Å². The number of aliphatic hydroxyl groups excluding tert-OH is 2. The van der Waals surface area contributed by atoms with E-state index in [1.54, 1.807) is 0 Å². The molecule has 0 aliphatic carbocycles. The number of esters is 1. The molecule has 0 aromatic heterocycles. The summed E-state index contributed by atoms with van der Waals surface area (Å²) in [5.74, 6) is -0.594. The second kappa shape index (κ2) is 12.1. The fourth-order valence-corrected chi connectivity index (χ4v) is 2.47. The monoisotopic (exact) mass is 410 g/mol. The van der Waals surface area contributed by atoms with Crippen LogP contribution in [0.1, 0.15) is 26.2 Å². The fraction of sp³-hybridized carbons (Fsp3) is 0.909. The van der Waals surface area contributed by atoms with E-state index in [1.807, 2.05) is 6.92 Å². The van der Waals surface area contributed by atoms with Crippen LogP contribution in [0.5, 0.6) is 0 Å². The molecule has 150 valence electrons. The zero-order valence-corrected chi connectivity index (χ0v) is 15.4. The van der Waals surface area contributed by atoms with Gasteiger partial charge >= 0.3 is 21.6 Å². The van der Waals surface area contributed by atoms with Crippen molar-refractivity contribution in [1.29, 1.82) is 0 Å². The van der Waals surface area contributed by atoms with Crippen molar-refractivity contribution in [2.75, 3.05) is 26.4 Å². The number of phosphoric acid groups is 2. The number of unbranched alkanes of at least 4 members (excludes halogenated alkanes) is 1. The van der Waals surface area contributed by atoms with Crippen LogP contribution in [0.4, 0.5) is 0 Å². The lowest BCUT2D eigenvalue weighted by Gasteiger charge is -2.19. The van der Waals surface area contributed by atoms with Gasteiger partial charge in [0.1, 0.15) is 12.2 Å². The second-order valence-corrected chi connectivity index (χ2v) is 7.59. The molecule has 5 N–H and O–H groups in total. The van der Waals surface area contributed by atoms with Gasteiger partial charge in [-0.25, -0.2) is 9.13 Å². The molecule has 0 aliphatic heterocycles. The normalized spacial score (nSPS) is 16.9. The number of hydrogen-bond acceptors (Lipinski definition) is 9. The van der Waals surface area contributed by atoms with Gasteiger partial charge in [-0.05, 0) is 6.42 Å². The Bertz CT molecular complexity index is 478. The van der Waals surface area contributed by atoms with Gasteiger partial charge in [0, 0.05) is 6.42 Å². The van der Waals surface area contributed by atoms with Crippen LogP contribution in [0.2, 0.25) is 0 Å². The van der Waals surface area contributed by atoms with E-state index in [1.165, 1.54) is 0 Å². The zero-order chi connectivity index (χ0) is 19.5. The summed E-state index contributed by atoms with van der Waals surface area (Å²) < 4.78 is 39.8. The highest BCUT2D eigenvalue weighted by Gasteiger charge is 2.26. The van der Waals surface area contributed by atoms with Crippen LogP contribution in [-0.4, -0.2) is 69.5 Å². The molecule has 0 aromatic rings. The summed E-state index contributed by atoms with van der Waals surface area (Å²) >= 11 is 0. The molecular weight excluding hydrogens is 386 g/mol. The van der Waals surface area contributed by atoms with Crippen LogP contribution in [0.3, 0.4) is 0 Å². The highest BCUT2D eigenvalue weighted by Crippen LogP contribution is 2.43. The van der Waals surface area contributed by atoms with E-state index in [9.17, 15) is 23.9 Å². The Morgan fingerprint density at radius 3 is 2.12 bits per heavy atom. The summed E-state index contributed by atoms with van der Waals surface area (Å²) in [4.78, 5) is 37.7. The third-order valence-electron chi connectivity index (χ3n) is 2.52. The molecule has 3 atom stereocenters. The molecule has 0 heterocycles. The molecule has 0 radical (unpaired) electrons. The van der Waals surface area contributed by atoms with Gasteiger partial charge in [-0.2, -0.15) is 0 Å². The second-order valence-electron chi connectivity index (χ2n) is 4.90. The average Bonchev–Trinajstić information content (AvgIpc) is 2.52. The third-order valence-corrected chi connectivity index (χ3v) is 3.96. The van der Waals surface area contributed by atoms with E-state index in [0.717, 1.165) is 6.42 Å². The number of rotatable bonds is 14. The Balaban J connectivity index is 4.21. The minimum absolute atomic E-state index is 0.131. The van der Waals surface area contributed by atoms with E-state index in [4.69, 9.17) is 19.6 Å². The zero-order valence-electron chi connectivity index (χ0n) is 13.6. The van der Waals surface area contributed by atoms with Crippen molar-refractivity contribution >= 4 is 21.6 Å². The van der Waals surface area contributed by atoms with Crippen molar-refractivity contribution in [3.8, 4) is 0 Å². The molecule has 0 saturated carbocycles. The van der Waals surface area contributed by atoms with Crippen LogP contribution in [0.25, 0.3) is 0 Å². The van der Waals surface area contributed by atoms with Crippen molar-refractivity contribution in [2.45, 2.75) is 38.4 Å². The Morgan fingerprint density at radius 1 is 1.04 bits per heavy atom. The van der Waals surface area contributed by atoms with Crippen LogP contribution >= 0.6 is 15.6 Å². The first kappa shape index (κ1) is 24.6. The third kappa shape index (κ3) is 14.5. The Morgan fingerprint density at radius 2 is 1.60 bits per heavy atom. The average molecular weight is 410 g/mol. The van der Waals surface area contributed by atoms with Gasteiger partial charge in [0.25, 0.3) is 0 Å². The molecule has 0 fully saturated rings. The minimum atomic E-state index is -4.79. The highest BCUT2D eigenvalue weighted by molar-refractivity contribution is 7.47. The van der Waals surface area contributed by atoms with Crippen molar-refractivity contribution in [3.63, 3.8) is 0 Å². The summed E-state index contributed by atoms with van der Waals surface area (Å²) in [7, 11) is -9.44. The van der Waals surface area contributed by atoms with Crippen molar-refractivity contribution < 1.29 is 57.1 Å². The van der Waals surface area contributed by atoms with Gasteiger partial charge in [-0.3, -0.25) is 18.4 Å². The quantitative estimate of drug-likeness (QED) is 0.186. The Hall–Kier alpha value is -0.390. The molecular formula is C11H24O12P2. The van der Waals surface area contributed by atoms with Gasteiger partial charge in [0.05, 0.1) is 26.4 Å². The van der Waals surface area contributed by atoms with E-state index in [-0.39, 0.29) is 6.42 Å². The number of ether oxygens (including phenoxy) is 1. The molecule has 0 spiro atoms. The number of carbonyl (C=O) groups is 1. The minimum Gasteiger partial charge on any atom is -0.457 e. The molecule has 0 aliphatic rings. The van der Waals surface area contributed by atoms with Crippen molar-refractivity contribution in [1.82, 2.24) is 0 Å². The number of phosphoric ester groups is 2. The first-order valence-electron chi connectivity index (χ1n) is 7.29. The molecule has 0 bridgehead atoms. The molecule has 12 nitrogen and oxygen atoms in total. The van der Waals surface area contributed by atoms with Gasteiger partial charge in [-0.15, -0.1) is 0 Å². The van der Waals surface area contributed by atoms with Crippen LogP contribution in [0.15, 0.2) is 0 Å². The van der Waals surface area contributed by atoms with Crippen LogP contribution < -0.4 is 0 Å². The predicted octanol–water partition coefficient (Wildman–Crippen LogP) is -0.316. The van der Waals surface area contributed by atoms with Gasteiger partial charge in [-0.1, -0.05) is 13.3 Å². The van der Waals surface area contributed by atoms with Gasteiger partial charge in [0.2, 0.25) is 0 Å². The molecule has 14 heteroatoms. The molecule has 0 rings (SSSR count). The maximum Gasteiger partial charge on any atom is 0.472 e.